The van der Waals surface area contributed by atoms with Gasteiger partial charge in [-0.05, 0) is 120 Å². The van der Waals surface area contributed by atoms with Crippen molar-refractivity contribution in [2.45, 2.75) is 113 Å². The molecule has 8 bridgehead atoms. The van der Waals surface area contributed by atoms with Crippen molar-refractivity contribution >= 4 is 30.0 Å². The molecule has 0 amide bonds. The van der Waals surface area contributed by atoms with Gasteiger partial charge >= 0.3 is 0 Å². The molecule has 40 heavy (non-hydrogen) atoms. The molecule has 212 valence electrons. The molecule has 2 aliphatic rings. The maximum absolute atomic E-state index is 5.38. The van der Waals surface area contributed by atoms with E-state index in [9.17, 15) is 0 Å². The third kappa shape index (κ3) is 4.60. The Bertz CT molecular complexity index is 1730. The van der Waals surface area contributed by atoms with E-state index in [4.69, 9.17) is 4.99 Å². The zero-order chi connectivity index (χ0) is 28.6. The van der Waals surface area contributed by atoms with Crippen LogP contribution in [0, 0.1) is 0 Å². The maximum Gasteiger partial charge on any atom is 0.0926 e. The van der Waals surface area contributed by atoms with Crippen LogP contribution in [0.15, 0.2) is 16.1 Å². The molecule has 0 saturated heterocycles. The summed E-state index contributed by atoms with van der Waals surface area (Å²) in [6.45, 7) is 18.3. The highest BCUT2D eigenvalue weighted by Crippen LogP contribution is 2.29. The van der Waals surface area contributed by atoms with Crippen molar-refractivity contribution < 1.29 is 0 Å². The number of aromatic amines is 3. The van der Waals surface area contributed by atoms with Crippen LogP contribution in [0.25, 0.3) is 24.3 Å². The normalized spacial score (nSPS) is 19.8. The molecule has 0 radical (unpaired) electrons. The van der Waals surface area contributed by atoms with E-state index in [-0.39, 0.29) is 6.04 Å². The minimum Gasteiger partial charge on any atom is -0.355 e. The smallest absolute Gasteiger partial charge is 0.0926 e. The summed E-state index contributed by atoms with van der Waals surface area (Å²) in [4.78, 5) is 17.0. The van der Waals surface area contributed by atoms with Crippen molar-refractivity contribution in [3.63, 3.8) is 0 Å². The van der Waals surface area contributed by atoms with E-state index < -0.39 is 0 Å². The average molecular weight is 537 g/mol. The van der Waals surface area contributed by atoms with Crippen molar-refractivity contribution in [1.82, 2.24) is 15.0 Å². The second-order valence-corrected chi connectivity index (χ2v) is 11.1. The quantitative estimate of drug-likeness (QED) is 0.354. The van der Waals surface area contributed by atoms with Gasteiger partial charge in [0.25, 0.3) is 0 Å². The Kier molecular flexibility index (Phi) is 8.26. The van der Waals surface area contributed by atoms with Crippen molar-refractivity contribution in [2.75, 3.05) is 0 Å². The van der Waals surface area contributed by atoms with Gasteiger partial charge in [-0.15, -0.1) is 0 Å². The average Bonchev–Trinajstić information content (AvgIpc) is 3.67. The monoisotopic (exact) mass is 536 g/mol. The molecule has 1 atom stereocenters. The second-order valence-electron chi connectivity index (χ2n) is 11.1. The lowest BCUT2D eigenvalue weighted by Crippen LogP contribution is -2.16. The van der Waals surface area contributed by atoms with Gasteiger partial charge in [-0.3, -0.25) is 4.99 Å². The Hall–Kier alpha value is -3.27. The lowest BCUT2D eigenvalue weighted by atomic mass is 9.96. The third-order valence-corrected chi connectivity index (χ3v) is 9.22. The van der Waals surface area contributed by atoms with Crippen LogP contribution in [0.2, 0.25) is 0 Å². The minimum atomic E-state index is 0.0762. The van der Waals surface area contributed by atoms with E-state index in [1.807, 2.05) is 0 Å². The van der Waals surface area contributed by atoms with Crippen molar-refractivity contribution in [1.29, 1.82) is 0 Å². The predicted octanol–water partition coefficient (Wildman–Crippen LogP) is 5.22. The lowest BCUT2D eigenvalue weighted by Gasteiger charge is -2.08. The topological polar surface area (TPSA) is 59.7 Å². The van der Waals surface area contributed by atoms with E-state index in [1.54, 1.807) is 0 Å². The lowest BCUT2D eigenvalue weighted by molar-refractivity contribution is 0.915. The molecule has 0 aromatic carbocycles. The third-order valence-electron chi connectivity index (χ3n) is 9.22. The molecule has 3 N–H and O–H groups in total. The summed E-state index contributed by atoms with van der Waals surface area (Å²) in [5, 5.41) is 4.92. The number of H-pyrrole nitrogens is 3. The zero-order valence-corrected chi connectivity index (χ0v) is 26.0. The van der Waals surface area contributed by atoms with Crippen molar-refractivity contribution in [3.8, 4) is 0 Å². The van der Waals surface area contributed by atoms with E-state index in [1.165, 1.54) is 77.3 Å². The van der Waals surface area contributed by atoms with Gasteiger partial charge in [0, 0.05) is 32.8 Å². The number of hydrogen-bond donors (Lipinski definition) is 3. The van der Waals surface area contributed by atoms with Gasteiger partial charge in [-0.25, -0.2) is 0 Å². The molecular weight excluding hydrogens is 488 g/mol. The van der Waals surface area contributed by atoms with E-state index in [2.05, 4.69) is 94.6 Å². The van der Waals surface area contributed by atoms with Gasteiger partial charge in [0.1, 0.15) is 0 Å². The van der Waals surface area contributed by atoms with Crippen LogP contribution in [0.5, 0.6) is 0 Å². The van der Waals surface area contributed by atoms with Gasteiger partial charge in [0.05, 0.1) is 11.8 Å². The van der Waals surface area contributed by atoms with E-state index in [0.717, 1.165) is 57.1 Å². The SMILES string of the molecule is CCC1=C(CC)[C@@H]2/C=c3\[nH]/c(c(CC)c3CC)=C\c3[nH]c(c(CC)c3CC)/C=c3\[nH]/c(c(CC)c3CC)=C\C1=N2. The zero-order valence-electron chi connectivity index (χ0n) is 26.0. The fourth-order valence-electron chi connectivity index (χ4n) is 7.37. The highest BCUT2D eigenvalue weighted by atomic mass is 14.8. The van der Waals surface area contributed by atoms with Crippen LogP contribution in [-0.4, -0.2) is 26.7 Å². The van der Waals surface area contributed by atoms with Gasteiger partial charge < -0.3 is 15.0 Å². The number of nitrogens with zero attached hydrogens (tertiary/aromatic N) is 1. The molecule has 0 unspecified atom stereocenters. The fraction of sp³-hybridized carbons (Fsp3) is 0.472. The van der Waals surface area contributed by atoms with E-state index in [0.29, 0.717) is 0 Å². The van der Waals surface area contributed by atoms with Gasteiger partial charge in [-0.2, -0.15) is 0 Å². The molecule has 4 heteroatoms. The summed E-state index contributed by atoms with van der Waals surface area (Å²) in [6, 6.07) is 0.0762. The molecule has 3 aromatic rings. The van der Waals surface area contributed by atoms with Crippen LogP contribution in [0.3, 0.4) is 0 Å². The standard InChI is InChI=1S/C36H48N4/c1-9-21-22(10-2)30-18-32-25(13-5)26(14-6)34(39-32)20-36-28(16-8)27(15-7)35(40-36)19-33-24(12-4)23(11-3)31(38-33)17-29(21)37-30/h17-20,29,38-40H,9-16H2,1-8H3/b31-17-,32-18-,33-19-,34-20-/t29-/m0/s1. The van der Waals surface area contributed by atoms with Gasteiger partial charge in [0.2, 0.25) is 0 Å². The van der Waals surface area contributed by atoms with Crippen molar-refractivity contribution in [3.05, 3.63) is 77.3 Å². The molecular formula is C36H48N4. The molecule has 0 saturated carbocycles. The van der Waals surface area contributed by atoms with E-state index >= 15 is 0 Å². The van der Waals surface area contributed by atoms with Crippen molar-refractivity contribution in [2.24, 2.45) is 4.99 Å². The summed E-state index contributed by atoms with van der Waals surface area (Å²) in [7, 11) is 0. The first kappa shape index (κ1) is 28.3. The second kappa shape index (κ2) is 11.7. The molecule has 4 nitrogen and oxygen atoms in total. The number of rotatable bonds is 8. The molecule has 0 aliphatic carbocycles. The largest absolute Gasteiger partial charge is 0.355 e. The first-order valence-corrected chi connectivity index (χ1v) is 15.9. The number of nitrogens with one attached hydrogen (secondary N) is 3. The maximum atomic E-state index is 5.38. The molecule has 2 aliphatic heterocycles. The van der Waals surface area contributed by atoms with Crippen LogP contribution in [0.1, 0.15) is 113 Å². The predicted molar refractivity (Wildman–Crippen MR) is 172 cm³/mol. The van der Waals surface area contributed by atoms with Gasteiger partial charge in [-0.1, -0.05) is 55.4 Å². The summed E-state index contributed by atoms with van der Waals surface area (Å²) < 4.78 is 0. The Labute approximate surface area is 239 Å². The van der Waals surface area contributed by atoms with Crippen LogP contribution in [-0.2, 0) is 38.5 Å². The summed E-state index contributed by atoms with van der Waals surface area (Å²) in [5.74, 6) is 0. The fourth-order valence-corrected chi connectivity index (χ4v) is 7.37. The highest BCUT2D eigenvalue weighted by molar-refractivity contribution is 6.22. The summed E-state index contributed by atoms with van der Waals surface area (Å²) >= 11 is 0. The molecule has 5 heterocycles. The van der Waals surface area contributed by atoms with Gasteiger partial charge in [0.15, 0.2) is 0 Å². The number of fused-ring (bicyclic) bond motifs is 7. The highest BCUT2D eigenvalue weighted by Gasteiger charge is 2.24. The number of aromatic nitrogens is 3. The molecule has 5 rings (SSSR count). The summed E-state index contributed by atoms with van der Waals surface area (Å²) in [5.41, 5.74) is 15.0. The summed E-state index contributed by atoms with van der Waals surface area (Å²) in [6.07, 6.45) is 17.6. The van der Waals surface area contributed by atoms with Crippen LogP contribution >= 0.6 is 0 Å². The number of aliphatic imine (C=N–C) groups is 1. The van der Waals surface area contributed by atoms with Crippen LogP contribution in [0.4, 0.5) is 0 Å². The number of hydrogen-bond acceptors (Lipinski definition) is 1. The molecule has 0 spiro atoms. The Morgan fingerprint density at radius 3 is 1.40 bits per heavy atom. The van der Waals surface area contributed by atoms with Crippen LogP contribution < -0.4 is 21.4 Å². The Morgan fingerprint density at radius 1 is 0.500 bits per heavy atom. The Balaban J connectivity index is 1.96. The molecule has 3 aromatic heterocycles. The molecule has 0 fully saturated rings. The first-order valence-electron chi connectivity index (χ1n) is 15.9. The number of allylic oxidation sites excluding steroid dienone is 1. The first-order chi connectivity index (χ1) is 19.5. The minimum absolute atomic E-state index is 0.0762. The Morgan fingerprint density at radius 2 is 0.950 bits per heavy atom.